The van der Waals surface area contributed by atoms with Crippen molar-refractivity contribution in [1.29, 1.82) is 0 Å². The lowest BCUT2D eigenvalue weighted by molar-refractivity contribution is -0.0248. The standard InChI is InChI=1S/C25H30N8O2/c1-31(2)23(35)19-9-17-11-28-24(30-21(17)33(19)18-5-3-4-6-18)29-20-8-7-16(10-27-20)22(34)32-14-25(15-32)12-26-13-25/h7-11,18,26H,3-6,12-15H2,1-2H3,(H,27,28,29,30). The molecule has 3 aromatic rings. The van der Waals surface area contributed by atoms with Crippen LogP contribution in [0.2, 0.25) is 0 Å². The number of amides is 2. The lowest BCUT2D eigenvalue weighted by Gasteiger charge is -2.56. The molecule has 35 heavy (non-hydrogen) atoms. The summed E-state index contributed by atoms with van der Waals surface area (Å²) in [5.41, 5.74) is 2.28. The minimum absolute atomic E-state index is 0.0201. The van der Waals surface area contributed by atoms with Crippen LogP contribution in [-0.4, -0.2) is 81.4 Å². The fraction of sp³-hybridized carbons (Fsp3) is 0.480. The number of likely N-dealkylation sites (tertiary alicyclic amines) is 1. The van der Waals surface area contributed by atoms with E-state index in [9.17, 15) is 9.59 Å². The van der Waals surface area contributed by atoms with Gasteiger partial charge in [0.15, 0.2) is 0 Å². The van der Waals surface area contributed by atoms with Gasteiger partial charge in [0.25, 0.3) is 11.8 Å². The average Bonchev–Trinajstić information content (AvgIpc) is 3.44. The summed E-state index contributed by atoms with van der Waals surface area (Å²) in [5.74, 6) is 0.958. The third-order valence-electron chi connectivity index (χ3n) is 7.48. The largest absolute Gasteiger partial charge is 0.343 e. The highest BCUT2D eigenvalue weighted by molar-refractivity contribution is 5.98. The lowest BCUT2D eigenvalue weighted by Crippen LogP contribution is -2.71. The maximum absolute atomic E-state index is 12.9. The molecule has 1 spiro atoms. The Hall–Kier alpha value is -3.53. The average molecular weight is 475 g/mol. The Morgan fingerprint density at radius 2 is 1.89 bits per heavy atom. The second-order valence-electron chi connectivity index (χ2n) is 10.3. The monoisotopic (exact) mass is 474 g/mol. The molecule has 0 aromatic carbocycles. The van der Waals surface area contributed by atoms with Gasteiger partial charge in [0.2, 0.25) is 5.95 Å². The van der Waals surface area contributed by atoms with Gasteiger partial charge in [0.1, 0.15) is 17.2 Å². The van der Waals surface area contributed by atoms with Crippen molar-refractivity contribution in [2.24, 2.45) is 5.41 Å². The van der Waals surface area contributed by atoms with E-state index in [0.717, 1.165) is 62.9 Å². The van der Waals surface area contributed by atoms with Gasteiger partial charge in [-0.3, -0.25) is 9.59 Å². The van der Waals surface area contributed by atoms with Crippen LogP contribution in [0, 0.1) is 5.41 Å². The Bertz CT molecular complexity index is 1280. The van der Waals surface area contributed by atoms with Crippen molar-refractivity contribution in [3.8, 4) is 0 Å². The Morgan fingerprint density at radius 3 is 2.51 bits per heavy atom. The van der Waals surface area contributed by atoms with E-state index in [4.69, 9.17) is 4.98 Å². The fourth-order valence-corrected chi connectivity index (χ4v) is 5.49. The number of carbonyl (C=O) groups excluding carboxylic acids is 2. The van der Waals surface area contributed by atoms with Gasteiger partial charge in [-0.15, -0.1) is 0 Å². The number of hydrogen-bond donors (Lipinski definition) is 2. The summed E-state index contributed by atoms with van der Waals surface area (Å²) >= 11 is 0. The van der Waals surface area contributed by atoms with Gasteiger partial charge in [-0.25, -0.2) is 9.97 Å². The first-order chi connectivity index (χ1) is 16.9. The number of carbonyl (C=O) groups is 2. The molecule has 0 radical (unpaired) electrons. The van der Waals surface area contributed by atoms with Gasteiger partial charge < -0.3 is 25.0 Å². The molecule has 0 bridgehead atoms. The van der Waals surface area contributed by atoms with Crippen LogP contribution >= 0.6 is 0 Å². The van der Waals surface area contributed by atoms with Crippen LogP contribution in [0.25, 0.3) is 11.0 Å². The molecule has 2 aliphatic heterocycles. The summed E-state index contributed by atoms with van der Waals surface area (Å²) in [4.78, 5) is 42.7. The molecule has 1 aliphatic carbocycles. The van der Waals surface area contributed by atoms with Crippen molar-refractivity contribution in [3.63, 3.8) is 0 Å². The van der Waals surface area contributed by atoms with Crippen molar-refractivity contribution >= 4 is 34.6 Å². The zero-order valence-corrected chi connectivity index (χ0v) is 20.1. The zero-order valence-electron chi connectivity index (χ0n) is 20.1. The highest BCUT2D eigenvalue weighted by Gasteiger charge is 2.49. The highest BCUT2D eigenvalue weighted by Crippen LogP contribution is 2.36. The van der Waals surface area contributed by atoms with Crippen molar-refractivity contribution < 1.29 is 9.59 Å². The summed E-state index contributed by atoms with van der Waals surface area (Å²) in [6.45, 7) is 3.62. The highest BCUT2D eigenvalue weighted by atomic mass is 16.2. The molecule has 2 N–H and O–H groups in total. The minimum atomic E-state index is -0.0342. The minimum Gasteiger partial charge on any atom is -0.343 e. The van der Waals surface area contributed by atoms with Crippen LogP contribution in [0.3, 0.4) is 0 Å². The molecule has 0 atom stereocenters. The second-order valence-corrected chi connectivity index (χ2v) is 10.3. The molecule has 2 saturated heterocycles. The van der Waals surface area contributed by atoms with Crippen molar-refractivity contribution in [3.05, 3.63) is 41.9 Å². The Labute approximate surface area is 203 Å². The molecule has 10 heteroatoms. The predicted molar refractivity (Wildman–Crippen MR) is 132 cm³/mol. The molecular weight excluding hydrogens is 444 g/mol. The van der Waals surface area contributed by atoms with E-state index in [1.54, 1.807) is 43.5 Å². The SMILES string of the molecule is CN(C)C(=O)c1cc2cnc(Nc3ccc(C(=O)N4CC5(CNC5)C4)cn3)nc2n1C1CCCC1. The maximum atomic E-state index is 12.9. The normalized spacial score (nSPS) is 19.0. The molecule has 2 amide bonds. The number of nitrogens with one attached hydrogen (secondary N) is 2. The van der Waals surface area contributed by atoms with E-state index in [2.05, 4.69) is 25.2 Å². The molecule has 3 aromatic heterocycles. The van der Waals surface area contributed by atoms with E-state index in [-0.39, 0.29) is 17.9 Å². The van der Waals surface area contributed by atoms with Crippen LogP contribution in [0.1, 0.15) is 52.6 Å². The maximum Gasteiger partial charge on any atom is 0.270 e. The molecule has 1 saturated carbocycles. The molecule has 3 fully saturated rings. The van der Waals surface area contributed by atoms with Crippen LogP contribution < -0.4 is 10.6 Å². The number of hydrogen-bond acceptors (Lipinski definition) is 7. The van der Waals surface area contributed by atoms with Gasteiger partial charge in [-0.05, 0) is 31.0 Å². The summed E-state index contributed by atoms with van der Waals surface area (Å²) in [7, 11) is 3.53. The first-order valence-electron chi connectivity index (χ1n) is 12.3. The van der Waals surface area contributed by atoms with E-state index >= 15 is 0 Å². The van der Waals surface area contributed by atoms with Gasteiger partial charge in [-0.2, -0.15) is 4.98 Å². The Kier molecular flexibility index (Phi) is 5.21. The molecule has 10 nitrogen and oxygen atoms in total. The van der Waals surface area contributed by atoms with Crippen LogP contribution in [0.5, 0.6) is 0 Å². The summed E-state index contributed by atoms with van der Waals surface area (Å²) in [6, 6.07) is 5.71. The van der Waals surface area contributed by atoms with Crippen LogP contribution in [0.15, 0.2) is 30.6 Å². The summed E-state index contributed by atoms with van der Waals surface area (Å²) < 4.78 is 2.09. The van der Waals surface area contributed by atoms with Crippen molar-refractivity contribution in [2.45, 2.75) is 31.7 Å². The third-order valence-corrected chi connectivity index (χ3v) is 7.48. The number of pyridine rings is 1. The van der Waals surface area contributed by atoms with Crippen LogP contribution in [0.4, 0.5) is 11.8 Å². The van der Waals surface area contributed by atoms with Gasteiger partial charge >= 0.3 is 0 Å². The fourth-order valence-electron chi connectivity index (χ4n) is 5.49. The topological polar surface area (TPSA) is 108 Å². The van der Waals surface area contributed by atoms with Gasteiger partial charge in [-0.1, -0.05) is 12.8 Å². The molecule has 5 heterocycles. The number of anilines is 2. The molecule has 6 rings (SSSR count). The molecular formula is C25H30N8O2. The second kappa shape index (κ2) is 8.30. The number of aromatic nitrogens is 4. The van der Waals surface area contributed by atoms with E-state index in [0.29, 0.717) is 28.4 Å². The first kappa shape index (κ1) is 22.0. The smallest absolute Gasteiger partial charge is 0.270 e. The van der Waals surface area contributed by atoms with Gasteiger partial charge in [0, 0.05) is 69.5 Å². The summed E-state index contributed by atoms with van der Waals surface area (Å²) in [6.07, 6.45) is 7.73. The summed E-state index contributed by atoms with van der Waals surface area (Å²) in [5, 5.41) is 7.28. The Morgan fingerprint density at radius 1 is 1.11 bits per heavy atom. The van der Waals surface area contributed by atoms with E-state index in [1.807, 2.05) is 11.0 Å². The lowest BCUT2D eigenvalue weighted by atomic mass is 9.74. The van der Waals surface area contributed by atoms with E-state index < -0.39 is 0 Å². The predicted octanol–water partition coefficient (Wildman–Crippen LogP) is 2.43. The zero-order chi connectivity index (χ0) is 24.2. The quantitative estimate of drug-likeness (QED) is 0.585. The van der Waals surface area contributed by atoms with Gasteiger partial charge in [0.05, 0.1) is 5.56 Å². The van der Waals surface area contributed by atoms with Crippen LogP contribution in [-0.2, 0) is 0 Å². The number of rotatable bonds is 5. The molecule has 3 aliphatic rings. The number of nitrogens with zero attached hydrogens (tertiary/aromatic N) is 6. The van der Waals surface area contributed by atoms with Crippen molar-refractivity contribution in [1.82, 2.24) is 34.6 Å². The van der Waals surface area contributed by atoms with E-state index in [1.165, 1.54) is 0 Å². The third kappa shape index (κ3) is 3.81. The molecule has 0 unspecified atom stereocenters. The molecule has 182 valence electrons. The number of fused-ring (bicyclic) bond motifs is 1. The van der Waals surface area contributed by atoms with Crippen molar-refractivity contribution in [2.75, 3.05) is 45.6 Å². The first-order valence-corrected chi connectivity index (χ1v) is 12.3. The Balaban J connectivity index is 1.22.